The number of carbonyl (C=O) groups excluding carboxylic acids is 3. The minimum Gasteiger partial charge on any atom is -0.455 e. The molecule has 0 aliphatic heterocycles. The van der Waals surface area contributed by atoms with Crippen LogP contribution >= 0.6 is 15.9 Å². The van der Waals surface area contributed by atoms with Gasteiger partial charge in [-0.15, -0.1) is 0 Å². The smallest absolute Gasteiger partial charge is 0.310 e. The normalized spacial score (nSPS) is 24.1. The van der Waals surface area contributed by atoms with Gasteiger partial charge in [0.1, 0.15) is 0 Å². The summed E-state index contributed by atoms with van der Waals surface area (Å²) in [5.41, 5.74) is 3.32. The van der Waals surface area contributed by atoms with E-state index >= 15 is 0 Å². The molecule has 2 aromatic rings. The van der Waals surface area contributed by atoms with Crippen LogP contribution in [0.15, 0.2) is 46.9 Å². The third kappa shape index (κ3) is 4.31. The Labute approximate surface area is 190 Å². The highest BCUT2D eigenvalue weighted by molar-refractivity contribution is 9.10. The van der Waals surface area contributed by atoms with Crippen molar-refractivity contribution in [1.29, 1.82) is 0 Å². The molecule has 2 aliphatic rings. The first-order chi connectivity index (χ1) is 14.9. The fourth-order valence-electron chi connectivity index (χ4n) is 5.14. The number of benzene rings is 2. The van der Waals surface area contributed by atoms with Crippen LogP contribution in [0, 0.1) is 37.5 Å². The Morgan fingerprint density at radius 1 is 0.968 bits per heavy atom. The molecule has 0 aromatic heterocycles. The number of halogens is 1. The van der Waals surface area contributed by atoms with Crippen molar-refractivity contribution in [2.45, 2.75) is 33.1 Å². The summed E-state index contributed by atoms with van der Waals surface area (Å²) < 4.78 is 6.38. The second kappa shape index (κ2) is 8.95. The van der Waals surface area contributed by atoms with Crippen LogP contribution in [0.3, 0.4) is 0 Å². The van der Waals surface area contributed by atoms with Crippen molar-refractivity contribution in [3.05, 3.63) is 63.6 Å². The molecule has 2 fully saturated rings. The van der Waals surface area contributed by atoms with Gasteiger partial charge in [0.05, 0.1) is 5.92 Å². The number of esters is 1. The van der Waals surface area contributed by atoms with E-state index in [1.165, 1.54) is 0 Å². The third-order valence-corrected chi connectivity index (χ3v) is 7.75. The number of nitrogens with one attached hydrogen (secondary N) is 1. The van der Waals surface area contributed by atoms with Gasteiger partial charge in [-0.1, -0.05) is 46.3 Å². The van der Waals surface area contributed by atoms with Crippen molar-refractivity contribution >= 4 is 39.3 Å². The van der Waals surface area contributed by atoms with Crippen molar-refractivity contribution in [3.8, 4) is 0 Å². The maximum absolute atomic E-state index is 13.1. The average Bonchev–Trinajstić information content (AvgIpc) is 3.40. The predicted octanol–water partition coefficient (Wildman–Crippen LogP) is 5.09. The number of ether oxygens (including phenoxy) is 1. The van der Waals surface area contributed by atoms with Crippen LogP contribution in [-0.4, -0.2) is 24.3 Å². The van der Waals surface area contributed by atoms with Crippen molar-refractivity contribution < 1.29 is 19.1 Å². The predicted molar refractivity (Wildman–Crippen MR) is 122 cm³/mol. The molecule has 2 aliphatic carbocycles. The summed E-state index contributed by atoms with van der Waals surface area (Å²) in [5.74, 6) is -1.23. The topological polar surface area (TPSA) is 72.5 Å². The Morgan fingerprint density at radius 3 is 2.35 bits per heavy atom. The summed E-state index contributed by atoms with van der Waals surface area (Å²) in [5, 5.41) is 2.81. The summed E-state index contributed by atoms with van der Waals surface area (Å²) in [6.45, 7) is 3.54. The van der Waals surface area contributed by atoms with Crippen LogP contribution in [0.4, 0.5) is 5.69 Å². The maximum Gasteiger partial charge on any atom is 0.310 e. The highest BCUT2D eigenvalue weighted by atomic mass is 79.9. The number of rotatable bonds is 6. The highest BCUT2D eigenvalue weighted by Gasteiger charge is 2.54. The Kier molecular flexibility index (Phi) is 6.28. The van der Waals surface area contributed by atoms with Crippen LogP contribution < -0.4 is 5.32 Å². The summed E-state index contributed by atoms with van der Waals surface area (Å²) in [6, 6.07) is 12.8. The van der Waals surface area contributed by atoms with Crippen LogP contribution in [0.1, 0.15) is 40.7 Å². The lowest BCUT2D eigenvalue weighted by atomic mass is 9.75. The Bertz CT molecular complexity index is 1020. The molecule has 2 aromatic carbocycles. The molecule has 0 radical (unpaired) electrons. The monoisotopic (exact) mass is 483 g/mol. The number of Topliss-reactive ketones (excluding diaryl/α,β-unsaturated/α-hetero) is 1. The summed E-state index contributed by atoms with van der Waals surface area (Å²) in [4.78, 5) is 38.5. The van der Waals surface area contributed by atoms with E-state index in [4.69, 9.17) is 4.74 Å². The molecule has 0 heterocycles. The van der Waals surface area contributed by atoms with Gasteiger partial charge >= 0.3 is 5.97 Å². The molecular weight excluding hydrogens is 458 g/mol. The minimum atomic E-state index is -0.462. The first-order valence-corrected chi connectivity index (χ1v) is 11.5. The molecule has 1 N–H and O–H groups in total. The van der Waals surface area contributed by atoms with Crippen LogP contribution in [-0.2, 0) is 14.3 Å². The molecule has 0 spiro atoms. The fourth-order valence-corrected chi connectivity index (χ4v) is 5.57. The third-order valence-electron chi connectivity index (χ3n) is 6.89. The Hall–Kier alpha value is -2.47. The van der Waals surface area contributed by atoms with E-state index in [0.29, 0.717) is 11.3 Å². The van der Waals surface area contributed by atoms with E-state index < -0.39 is 11.9 Å². The Balaban J connectivity index is 1.41. The van der Waals surface area contributed by atoms with Gasteiger partial charge in [-0.2, -0.15) is 0 Å². The Morgan fingerprint density at radius 2 is 1.65 bits per heavy atom. The number of amides is 1. The molecule has 5 nitrogen and oxygen atoms in total. The summed E-state index contributed by atoms with van der Waals surface area (Å²) in [7, 11) is 0. The number of hydrogen-bond acceptors (Lipinski definition) is 4. The number of fused-ring (bicyclic) bond motifs is 2. The van der Waals surface area contributed by atoms with Crippen molar-refractivity contribution in [1.82, 2.24) is 0 Å². The molecule has 2 bridgehead atoms. The van der Waals surface area contributed by atoms with Crippen molar-refractivity contribution in [3.63, 3.8) is 0 Å². The van der Waals surface area contributed by atoms with Gasteiger partial charge in [0.25, 0.3) is 5.91 Å². The van der Waals surface area contributed by atoms with E-state index in [-0.39, 0.29) is 36.1 Å². The molecule has 6 heteroatoms. The molecule has 31 heavy (non-hydrogen) atoms. The average molecular weight is 484 g/mol. The first kappa shape index (κ1) is 21.8. The van der Waals surface area contributed by atoms with Crippen LogP contribution in [0.2, 0.25) is 0 Å². The lowest BCUT2D eigenvalue weighted by Gasteiger charge is -2.28. The molecule has 162 valence electrons. The zero-order valence-electron chi connectivity index (χ0n) is 17.7. The van der Waals surface area contributed by atoms with Gasteiger partial charge in [-0.05, 0) is 68.2 Å². The zero-order chi connectivity index (χ0) is 22.1. The van der Waals surface area contributed by atoms with Gasteiger partial charge in [0.2, 0.25) is 0 Å². The lowest BCUT2D eigenvalue weighted by Crippen LogP contribution is -2.37. The second-order valence-corrected chi connectivity index (χ2v) is 9.47. The maximum atomic E-state index is 13.1. The number of ketones is 1. The van der Waals surface area contributed by atoms with Crippen LogP contribution in [0.5, 0.6) is 0 Å². The van der Waals surface area contributed by atoms with Gasteiger partial charge in [-0.3, -0.25) is 14.4 Å². The van der Waals surface area contributed by atoms with E-state index in [9.17, 15) is 14.4 Å². The van der Waals surface area contributed by atoms with Gasteiger partial charge in [-0.25, -0.2) is 0 Å². The molecule has 0 unspecified atom stereocenters. The largest absolute Gasteiger partial charge is 0.455 e. The van der Waals surface area contributed by atoms with Crippen LogP contribution in [0.25, 0.3) is 0 Å². The van der Waals surface area contributed by atoms with Crippen molar-refractivity contribution in [2.75, 3.05) is 11.9 Å². The SMILES string of the molecule is Cc1c(Br)ccc(NC(=O)COC(=O)[C@H]2[C@H]3CC[C@@H](C3)[C@H]2C(=O)c2ccccc2)c1C. The fraction of sp³-hybridized carbons (Fsp3) is 0.400. The van der Waals surface area contributed by atoms with E-state index in [1.807, 2.05) is 44.2 Å². The van der Waals surface area contributed by atoms with Crippen molar-refractivity contribution in [2.24, 2.45) is 23.7 Å². The molecule has 2 saturated carbocycles. The highest BCUT2D eigenvalue weighted by Crippen LogP contribution is 2.53. The standard InChI is InChI=1S/C25H26BrNO4/c1-14-15(2)20(11-10-19(14)26)27-21(28)13-31-25(30)23-18-9-8-17(12-18)22(23)24(29)16-6-4-3-5-7-16/h3-7,10-11,17-18,22-23H,8-9,12-13H2,1-2H3,(H,27,28)/t17-,18-,22+,23-/m0/s1. The first-order valence-electron chi connectivity index (χ1n) is 10.7. The van der Waals surface area contributed by atoms with E-state index in [1.54, 1.807) is 12.1 Å². The number of hydrogen-bond donors (Lipinski definition) is 1. The van der Waals surface area contributed by atoms with Gasteiger partial charge in [0, 0.05) is 21.6 Å². The molecule has 1 amide bonds. The van der Waals surface area contributed by atoms with E-state index in [0.717, 1.165) is 34.9 Å². The molecule has 4 rings (SSSR count). The zero-order valence-corrected chi connectivity index (χ0v) is 19.3. The second-order valence-electron chi connectivity index (χ2n) is 8.62. The lowest BCUT2D eigenvalue weighted by molar-refractivity contribution is -0.154. The van der Waals surface area contributed by atoms with Gasteiger partial charge < -0.3 is 10.1 Å². The van der Waals surface area contributed by atoms with E-state index in [2.05, 4.69) is 21.2 Å². The summed E-state index contributed by atoms with van der Waals surface area (Å²) >= 11 is 3.47. The summed E-state index contributed by atoms with van der Waals surface area (Å²) in [6.07, 6.45) is 2.79. The van der Waals surface area contributed by atoms with Gasteiger partial charge in [0.15, 0.2) is 12.4 Å². The molecular formula is C25H26BrNO4. The molecule has 0 saturated heterocycles. The minimum absolute atomic E-state index is 0.0140. The number of carbonyl (C=O) groups is 3. The number of anilines is 1. The quantitative estimate of drug-likeness (QED) is 0.458. The molecule has 4 atom stereocenters.